The van der Waals surface area contributed by atoms with E-state index in [1.807, 2.05) is 19.9 Å². The molecule has 0 saturated heterocycles. The lowest BCUT2D eigenvalue weighted by atomic mass is 10.1. The van der Waals surface area contributed by atoms with E-state index in [1.54, 1.807) is 18.2 Å². The van der Waals surface area contributed by atoms with Gasteiger partial charge in [0.15, 0.2) is 0 Å². The van der Waals surface area contributed by atoms with E-state index in [0.717, 1.165) is 16.9 Å². The summed E-state index contributed by atoms with van der Waals surface area (Å²) in [4.78, 5) is 25.4. The molecule has 0 saturated carbocycles. The van der Waals surface area contributed by atoms with Crippen LogP contribution in [-0.2, 0) is 0 Å². The summed E-state index contributed by atoms with van der Waals surface area (Å²) < 4.78 is 0. The van der Waals surface area contributed by atoms with Crippen LogP contribution in [0.2, 0.25) is 0 Å². The Balaban J connectivity index is 2.42. The fraction of sp³-hybridized carbons (Fsp3) is 0.357. The van der Waals surface area contributed by atoms with E-state index in [0.29, 0.717) is 17.5 Å². The summed E-state index contributed by atoms with van der Waals surface area (Å²) in [5.74, 6) is -0.700. The molecule has 92 valence electrons. The molecule has 0 aliphatic carbocycles. The van der Waals surface area contributed by atoms with E-state index in [9.17, 15) is 9.59 Å². The van der Waals surface area contributed by atoms with Crippen molar-refractivity contribution in [3.63, 3.8) is 0 Å². The van der Waals surface area contributed by atoms with Gasteiger partial charge in [-0.15, -0.1) is 0 Å². The second-order valence-electron chi connectivity index (χ2n) is 4.46. The highest BCUT2D eigenvalue weighted by Gasteiger charge is 2.39. The van der Waals surface area contributed by atoms with Gasteiger partial charge in [0.25, 0.3) is 11.8 Å². The van der Waals surface area contributed by atoms with Gasteiger partial charge >= 0.3 is 0 Å². The fourth-order valence-electron chi connectivity index (χ4n) is 2.18. The van der Waals surface area contributed by atoms with Crippen LogP contribution in [0, 0.1) is 18.3 Å². The maximum atomic E-state index is 12.2. The van der Waals surface area contributed by atoms with Gasteiger partial charge in [-0.3, -0.25) is 14.5 Å². The Bertz CT molecular complexity index is 557. The molecule has 0 bridgehead atoms. The molecule has 4 nitrogen and oxygen atoms in total. The minimum atomic E-state index is -0.664. The largest absolute Gasteiger partial charge is 0.269 e. The van der Waals surface area contributed by atoms with Crippen molar-refractivity contribution in [1.82, 2.24) is 4.90 Å². The fourth-order valence-corrected chi connectivity index (χ4v) is 2.18. The highest BCUT2D eigenvalue weighted by atomic mass is 16.2. The molecule has 0 N–H and O–H groups in total. The van der Waals surface area contributed by atoms with Crippen LogP contribution >= 0.6 is 0 Å². The van der Waals surface area contributed by atoms with Crippen molar-refractivity contribution < 1.29 is 9.59 Å². The first kappa shape index (κ1) is 12.3. The van der Waals surface area contributed by atoms with E-state index in [2.05, 4.69) is 0 Å². The molecule has 1 aromatic rings. The van der Waals surface area contributed by atoms with Gasteiger partial charge < -0.3 is 0 Å². The summed E-state index contributed by atoms with van der Waals surface area (Å²) in [5.41, 5.74) is 1.75. The standard InChI is InChI=1S/C14H14N2O2/c1-3-4-10(8-15)16-13(17)11-6-5-9(2)7-12(11)14(16)18/h5-7,10H,3-4H2,1-2H3. The number of benzene rings is 1. The number of fused-ring (bicyclic) bond motifs is 1. The van der Waals surface area contributed by atoms with E-state index in [4.69, 9.17) is 5.26 Å². The van der Waals surface area contributed by atoms with E-state index < -0.39 is 6.04 Å². The predicted molar refractivity (Wildman–Crippen MR) is 66.0 cm³/mol. The average Bonchev–Trinajstić information content (AvgIpc) is 2.59. The summed E-state index contributed by atoms with van der Waals surface area (Å²) in [7, 11) is 0. The van der Waals surface area contributed by atoms with E-state index in [-0.39, 0.29) is 11.8 Å². The number of carbonyl (C=O) groups excluding carboxylic acids is 2. The number of hydrogen-bond acceptors (Lipinski definition) is 3. The third-order valence-electron chi connectivity index (χ3n) is 3.10. The van der Waals surface area contributed by atoms with Crippen LogP contribution in [0.5, 0.6) is 0 Å². The van der Waals surface area contributed by atoms with Gasteiger partial charge in [-0.2, -0.15) is 5.26 Å². The highest BCUT2D eigenvalue weighted by Crippen LogP contribution is 2.26. The van der Waals surface area contributed by atoms with Crippen molar-refractivity contribution in [2.75, 3.05) is 0 Å². The zero-order valence-electron chi connectivity index (χ0n) is 10.4. The van der Waals surface area contributed by atoms with Gasteiger partial charge in [-0.05, 0) is 25.5 Å². The molecule has 0 aromatic heterocycles. The Morgan fingerprint density at radius 2 is 1.94 bits per heavy atom. The van der Waals surface area contributed by atoms with Crippen LogP contribution in [0.3, 0.4) is 0 Å². The maximum Gasteiger partial charge on any atom is 0.262 e. The topological polar surface area (TPSA) is 61.2 Å². The molecule has 0 radical (unpaired) electrons. The summed E-state index contributed by atoms with van der Waals surface area (Å²) in [6.07, 6.45) is 1.27. The van der Waals surface area contributed by atoms with Crippen LogP contribution in [0.4, 0.5) is 0 Å². The lowest BCUT2D eigenvalue weighted by Gasteiger charge is -2.19. The molecule has 1 unspecified atom stereocenters. The van der Waals surface area contributed by atoms with Crippen LogP contribution in [0.25, 0.3) is 0 Å². The minimum absolute atomic E-state index is 0.348. The minimum Gasteiger partial charge on any atom is -0.269 e. The summed E-state index contributed by atoms with van der Waals surface area (Å²) in [5, 5.41) is 9.09. The number of amides is 2. The zero-order valence-corrected chi connectivity index (χ0v) is 10.4. The van der Waals surface area contributed by atoms with Crippen molar-refractivity contribution in [2.24, 2.45) is 0 Å². The molecular formula is C14H14N2O2. The zero-order chi connectivity index (χ0) is 13.3. The number of hydrogen-bond donors (Lipinski definition) is 0. The number of carbonyl (C=O) groups is 2. The van der Waals surface area contributed by atoms with Gasteiger partial charge in [0, 0.05) is 0 Å². The summed E-state index contributed by atoms with van der Waals surface area (Å²) >= 11 is 0. The predicted octanol–water partition coefficient (Wildman–Crippen LogP) is 2.28. The molecule has 2 amide bonds. The van der Waals surface area contributed by atoms with Crippen LogP contribution < -0.4 is 0 Å². The lowest BCUT2D eigenvalue weighted by Crippen LogP contribution is -2.38. The van der Waals surface area contributed by atoms with Gasteiger partial charge in [0.1, 0.15) is 6.04 Å². The molecule has 1 aliphatic heterocycles. The Morgan fingerprint density at radius 3 is 2.56 bits per heavy atom. The van der Waals surface area contributed by atoms with Crippen molar-refractivity contribution in [1.29, 1.82) is 5.26 Å². The van der Waals surface area contributed by atoms with E-state index >= 15 is 0 Å². The number of nitriles is 1. The Labute approximate surface area is 106 Å². The van der Waals surface area contributed by atoms with Crippen molar-refractivity contribution >= 4 is 11.8 Å². The van der Waals surface area contributed by atoms with Gasteiger partial charge in [0.05, 0.1) is 17.2 Å². The maximum absolute atomic E-state index is 12.2. The molecule has 0 spiro atoms. The second kappa shape index (κ2) is 4.61. The smallest absolute Gasteiger partial charge is 0.262 e. The molecule has 1 heterocycles. The molecule has 1 aliphatic rings. The lowest BCUT2D eigenvalue weighted by molar-refractivity contribution is 0.0613. The molecule has 0 fully saturated rings. The number of aryl methyl sites for hydroxylation is 1. The van der Waals surface area contributed by atoms with Crippen molar-refractivity contribution in [3.05, 3.63) is 34.9 Å². The third kappa shape index (κ3) is 1.78. The third-order valence-corrected chi connectivity index (χ3v) is 3.10. The molecule has 18 heavy (non-hydrogen) atoms. The Morgan fingerprint density at radius 1 is 1.28 bits per heavy atom. The van der Waals surface area contributed by atoms with Gasteiger partial charge in [0.2, 0.25) is 0 Å². The van der Waals surface area contributed by atoms with Gasteiger partial charge in [-0.25, -0.2) is 0 Å². The van der Waals surface area contributed by atoms with Crippen LogP contribution in [0.15, 0.2) is 18.2 Å². The monoisotopic (exact) mass is 242 g/mol. The molecule has 2 rings (SSSR count). The van der Waals surface area contributed by atoms with Crippen LogP contribution in [-0.4, -0.2) is 22.8 Å². The average molecular weight is 242 g/mol. The first-order valence-corrected chi connectivity index (χ1v) is 5.98. The van der Waals surface area contributed by atoms with E-state index in [1.165, 1.54) is 0 Å². The first-order chi connectivity index (χ1) is 8.60. The number of rotatable bonds is 3. The summed E-state index contributed by atoms with van der Waals surface area (Å²) in [6, 6.07) is 6.54. The Kier molecular flexibility index (Phi) is 3.15. The molecule has 1 aromatic carbocycles. The van der Waals surface area contributed by atoms with Crippen LogP contribution in [0.1, 0.15) is 46.0 Å². The SMILES string of the molecule is CCCC(C#N)N1C(=O)c2ccc(C)cc2C1=O. The number of imide groups is 1. The van der Waals surface area contributed by atoms with Crippen molar-refractivity contribution in [3.8, 4) is 6.07 Å². The first-order valence-electron chi connectivity index (χ1n) is 5.98. The molecule has 1 atom stereocenters. The number of nitrogens with zero attached hydrogens (tertiary/aromatic N) is 2. The molecular weight excluding hydrogens is 228 g/mol. The summed E-state index contributed by atoms with van der Waals surface area (Å²) in [6.45, 7) is 3.79. The normalized spacial score (nSPS) is 15.5. The van der Waals surface area contributed by atoms with Gasteiger partial charge in [-0.1, -0.05) is 25.0 Å². The Hall–Kier alpha value is -2.15. The molecule has 4 heteroatoms. The quantitative estimate of drug-likeness (QED) is 0.764. The van der Waals surface area contributed by atoms with Crippen molar-refractivity contribution in [2.45, 2.75) is 32.7 Å². The second-order valence-corrected chi connectivity index (χ2v) is 4.46. The highest BCUT2D eigenvalue weighted by molar-refractivity contribution is 6.21.